The summed E-state index contributed by atoms with van der Waals surface area (Å²) < 4.78 is 7.59. The van der Waals surface area contributed by atoms with Gasteiger partial charge in [-0.05, 0) is 30.9 Å². The van der Waals surface area contributed by atoms with Crippen molar-refractivity contribution in [2.75, 3.05) is 27.2 Å². The summed E-state index contributed by atoms with van der Waals surface area (Å²) in [4.78, 5) is 0. The molecule has 0 amide bonds. The first kappa shape index (κ1) is 20.4. The lowest BCUT2D eigenvalue weighted by molar-refractivity contribution is -0.920. The van der Waals surface area contributed by atoms with Crippen molar-refractivity contribution in [2.24, 2.45) is 0 Å². The number of piperidine rings is 1. The molecule has 0 aromatic heterocycles. The average Bonchev–Trinajstić information content (AvgIpc) is 2.58. The fourth-order valence-electron chi connectivity index (χ4n) is 3.68. The summed E-state index contributed by atoms with van der Waals surface area (Å²) in [6.45, 7) is 4.21. The molecule has 2 unspecified atom stereocenters. The highest BCUT2D eigenvalue weighted by atomic mass is 127. The van der Waals surface area contributed by atoms with E-state index in [1.165, 1.54) is 42.5 Å². The summed E-state index contributed by atoms with van der Waals surface area (Å²) in [6.07, 6.45) is 3.95. The SMILES string of the molecule is Cc1ccc(C(OCC2CCCC[N+]2(C)C)c2ccccc2)cc1.[I-]. The van der Waals surface area contributed by atoms with Gasteiger partial charge in [-0.3, -0.25) is 0 Å². The second-order valence-corrected chi connectivity index (χ2v) is 7.69. The van der Waals surface area contributed by atoms with Gasteiger partial charge in [0.2, 0.25) is 0 Å². The Morgan fingerprint density at radius 3 is 2.24 bits per heavy atom. The van der Waals surface area contributed by atoms with Crippen LogP contribution in [0.25, 0.3) is 0 Å². The molecule has 3 rings (SSSR count). The first-order valence-electron chi connectivity index (χ1n) is 9.12. The van der Waals surface area contributed by atoms with Gasteiger partial charge < -0.3 is 33.2 Å². The second kappa shape index (κ2) is 9.15. The van der Waals surface area contributed by atoms with Crippen molar-refractivity contribution >= 4 is 0 Å². The minimum atomic E-state index is 0. The van der Waals surface area contributed by atoms with Crippen molar-refractivity contribution in [1.29, 1.82) is 0 Å². The number of quaternary nitrogens is 1. The van der Waals surface area contributed by atoms with E-state index >= 15 is 0 Å². The summed E-state index contributed by atoms with van der Waals surface area (Å²) >= 11 is 0. The average molecular weight is 451 g/mol. The van der Waals surface area contributed by atoms with Gasteiger partial charge in [0.25, 0.3) is 0 Å². The molecule has 2 aromatic carbocycles. The van der Waals surface area contributed by atoms with E-state index in [4.69, 9.17) is 4.74 Å². The molecule has 0 N–H and O–H groups in total. The molecule has 1 aliphatic heterocycles. The molecule has 0 saturated carbocycles. The van der Waals surface area contributed by atoms with Crippen LogP contribution in [0.4, 0.5) is 0 Å². The lowest BCUT2D eigenvalue weighted by atomic mass is 9.99. The van der Waals surface area contributed by atoms with Gasteiger partial charge in [0.05, 0.1) is 27.2 Å². The number of halogens is 1. The Bertz CT molecular complexity index is 639. The van der Waals surface area contributed by atoms with Crippen molar-refractivity contribution in [3.8, 4) is 0 Å². The molecule has 0 aliphatic carbocycles. The van der Waals surface area contributed by atoms with Crippen LogP contribution < -0.4 is 24.0 Å². The lowest BCUT2D eigenvalue weighted by Crippen LogP contribution is -3.00. The zero-order valence-electron chi connectivity index (χ0n) is 15.6. The number of benzene rings is 2. The molecule has 1 saturated heterocycles. The minimum absolute atomic E-state index is 0. The van der Waals surface area contributed by atoms with Crippen LogP contribution in [0.5, 0.6) is 0 Å². The Morgan fingerprint density at radius 2 is 1.60 bits per heavy atom. The zero-order chi connectivity index (χ0) is 17.0. The second-order valence-electron chi connectivity index (χ2n) is 7.69. The third kappa shape index (κ3) is 5.28. The number of hydrogen-bond acceptors (Lipinski definition) is 1. The molecule has 0 bridgehead atoms. The first-order valence-corrected chi connectivity index (χ1v) is 9.12. The maximum absolute atomic E-state index is 6.51. The van der Waals surface area contributed by atoms with E-state index in [1.54, 1.807) is 0 Å². The Balaban J connectivity index is 0.00000225. The van der Waals surface area contributed by atoms with Crippen LogP contribution in [-0.4, -0.2) is 37.8 Å². The van der Waals surface area contributed by atoms with Gasteiger partial charge in [-0.1, -0.05) is 60.2 Å². The van der Waals surface area contributed by atoms with Gasteiger partial charge in [-0.15, -0.1) is 0 Å². The van der Waals surface area contributed by atoms with Crippen molar-refractivity contribution in [1.82, 2.24) is 0 Å². The lowest BCUT2D eigenvalue weighted by Gasteiger charge is -2.42. The highest BCUT2D eigenvalue weighted by Gasteiger charge is 2.32. The van der Waals surface area contributed by atoms with Gasteiger partial charge >= 0.3 is 0 Å². The predicted octanol–water partition coefficient (Wildman–Crippen LogP) is 1.73. The van der Waals surface area contributed by atoms with Gasteiger partial charge in [-0.25, -0.2) is 0 Å². The van der Waals surface area contributed by atoms with Crippen LogP contribution in [0.3, 0.4) is 0 Å². The van der Waals surface area contributed by atoms with Crippen molar-refractivity contribution in [2.45, 2.75) is 38.3 Å². The first-order chi connectivity index (χ1) is 11.6. The van der Waals surface area contributed by atoms with E-state index in [1.807, 2.05) is 0 Å². The highest BCUT2D eigenvalue weighted by molar-refractivity contribution is 5.31. The molecule has 2 atom stereocenters. The molecule has 2 nitrogen and oxygen atoms in total. The third-order valence-electron chi connectivity index (χ3n) is 5.45. The molecular weight excluding hydrogens is 421 g/mol. The van der Waals surface area contributed by atoms with Gasteiger partial charge in [0.15, 0.2) is 0 Å². The molecule has 1 heterocycles. The van der Waals surface area contributed by atoms with Crippen molar-refractivity contribution < 1.29 is 33.2 Å². The summed E-state index contributed by atoms with van der Waals surface area (Å²) in [5.41, 5.74) is 3.77. The Morgan fingerprint density at radius 1 is 0.960 bits per heavy atom. The van der Waals surface area contributed by atoms with Crippen LogP contribution in [0, 0.1) is 6.92 Å². The normalized spacial score (nSPS) is 20.5. The van der Waals surface area contributed by atoms with E-state index in [0.717, 1.165) is 11.1 Å². The van der Waals surface area contributed by atoms with Crippen molar-refractivity contribution in [3.63, 3.8) is 0 Å². The molecule has 0 spiro atoms. The number of likely N-dealkylation sites (N-methyl/N-ethyl adjacent to an activating group) is 1. The number of ether oxygens (including phenoxy) is 1. The molecule has 1 aliphatic rings. The Labute approximate surface area is 169 Å². The smallest absolute Gasteiger partial charge is 0.112 e. The Kier molecular flexibility index (Phi) is 7.47. The number of likely N-dealkylation sites (tertiary alicyclic amines) is 1. The van der Waals surface area contributed by atoms with Crippen LogP contribution in [0.15, 0.2) is 54.6 Å². The van der Waals surface area contributed by atoms with Gasteiger partial charge in [0, 0.05) is 6.42 Å². The highest BCUT2D eigenvalue weighted by Crippen LogP contribution is 2.29. The molecule has 1 fully saturated rings. The fourth-order valence-corrected chi connectivity index (χ4v) is 3.68. The maximum Gasteiger partial charge on any atom is 0.112 e. The van der Waals surface area contributed by atoms with Gasteiger partial charge in [-0.2, -0.15) is 0 Å². The van der Waals surface area contributed by atoms with Crippen LogP contribution in [0.1, 0.15) is 42.1 Å². The quantitative estimate of drug-likeness (QED) is 0.497. The van der Waals surface area contributed by atoms with E-state index in [-0.39, 0.29) is 30.1 Å². The van der Waals surface area contributed by atoms with E-state index in [2.05, 4.69) is 75.6 Å². The standard InChI is InChI=1S/C22H30NO.HI/c1-18-12-14-20(15-13-18)22(19-9-5-4-6-10-19)24-17-21-11-7-8-16-23(21,2)3;/h4-6,9-10,12-15,21-22H,7-8,11,16-17H2,1-3H3;1H/q+1;/p-1. The zero-order valence-corrected chi connectivity index (χ0v) is 17.8. The van der Waals surface area contributed by atoms with E-state index < -0.39 is 0 Å². The summed E-state index contributed by atoms with van der Waals surface area (Å²) in [5, 5.41) is 0. The number of hydrogen-bond donors (Lipinski definition) is 0. The summed E-state index contributed by atoms with van der Waals surface area (Å²) in [5.74, 6) is 0. The Hall–Kier alpha value is -0.910. The number of rotatable bonds is 5. The molecule has 25 heavy (non-hydrogen) atoms. The molecule has 0 radical (unpaired) electrons. The summed E-state index contributed by atoms with van der Waals surface area (Å²) in [7, 11) is 4.69. The molecular formula is C22H30INO. The van der Waals surface area contributed by atoms with E-state index in [9.17, 15) is 0 Å². The van der Waals surface area contributed by atoms with Crippen LogP contribution in [-0.2, 0) is 4.74 Å². The van der Waals surface area contributed by atoms with Crippen LogP contribution in [0.2, 0.25) is 0 Å². The third-order valence-corrected chi connectivity index (χ3v) is 5.45. The summed E-state index contributed by atoms with van der Waals surface area (Å²) in [6, 6.07) is 20.0. The molecule has 2 aromatic rings. The van der Waals surface area contributed by atoms with Crippen LogP contribution >= 0.6 is 0 Å². The largest absolute Gasteiger partial charge is 1.00 e. The predicted molar refractivity (Wildman–Crippen MR) is 100 cm³/mol. The van der Waals surface area contributed by atoms with Gasteiger partial charge in [0.1, 0.15) is 12.1 Å². The number of nitrogens with zero attached hydrogens (tertiary/aromatic N) is 1. The van der Waals surface area contributed by atoms with Crippen molar-refractivity contribution in [3.05, 3.63) is 71.3 Å². The van der Waals surface area contributed by atoms with E-state index in [0.29, 0.717) is 6.04 Å². The minimum Gasteiger partial charge on any atom is -1.00 e. The topological polar surface area (TPSA) is 9.23 Å². The maximum atomic E-state index is 6.51. The molecule has 136 valence electrons. The molecule has 3 heteroatoms. The fraction of sp³-hybridized carbons (Fsp3) is 0.455. The monoisotopic (exact) mass is 451 g/mol. The number of aryl methyl sites for hydroxylation is 1.